The van der Waals surface area contributed by atoms with E-state index in [1.54, 1.807) is 29.1 Å². The normalized spacial score (nSPS) is 20.8. The fourth-order valence-electron chi connectivity index (χ4n) is 5.29. The van der Waals surface area contributed by atoms with Crippen molar-refractivity contribution in [2.75, 3.05) is 17.2 Å². The van der Waals surface area contributed by atoms with E-state index in [-0.39, 0.29) is 53.1 Å². The van der Waals surface area contributed by atoms with Gasteiger partial charge in [-0.15, -0.1) is 11.3 Å². The zero-order valence-electron chi connectivity index (χ0n) is 23.2. The zero-order valence-corrected chi connectivity index (χ0v) is 24.0. The van der Waals surface area contributed by atoms with Crippen LogP contribution in [0.3, 0.4) is 0 Å². The Morgan fingerprint density at radius 3 is 2.73 bits per heavy atom. The van der Waals surface area contributed by atoms with Crippen molar-refractivity contribution >= 4 is 63.4 Å². The number of carbonyl (C=O) groups excluding carboxylic acids is 6. The molecule has 0 radical (unpaired) electrons. The topological polar surface area (TPSA) is 234 Å². The fraction of sp³-hybridized carbons (Fsp3) is 0.296. The molecular formula is C27H26N8O8S. The minimum Gasteiger partial charge on any atom is -0.543 e. The maximum Gasteiger partial charge on any atom is 0.332 e. The van der Waals surface area contributed by atoms with Crippen LogP contribution in [0.2, 0.25) is 0 Å². The summed E-state index contributed by atoms with van der Waals surface area (Å²) in [4.78, 5) is 85.4. The van der Waals surface area contributed by atoms with Gasteiger partial charge in [0.05, 0.1) is 17.7 Å². The Morgan fingerprint density at radius 2 is 2.07 bits per heavy atom. The first-order valence-corrected chi connectivity index (χ1v) is 14.2. The van der Waals surface area contributed by atoms with E-state index in [4.69, 9.17) is 11.5 Å². The minimum atomic E-state index is -1.60. The molecule has 5 heterocycles. The second-order valence-corrected chi connectivity index (χ2v) is 11.0. The molecule has 2 atom stereocenters. The van der Waals surface area contributed by atoms with Gasteiger partial charge in [-0.3, -0.25) is 19.2 Å². The van der Waals surface area contributed by atoms with Crippen molar-refractivity contribution in [3.05, 3.63) is 58.5 Å². The van der Waals surface area contributed by atoms with Gasteiger partial charge in [-0.2, -0.15) is 4.57 Å². The van der Waals surface area contributed by atoms with Crippen LogP contribution in [0.1, 0.15) is 31.9 Å². The van der Waals surface area contributed by atoms with Crippen LogP contribution in [0.25, 0.3) is 0 Å². The van der Waals surface area contributed by atoms with Crippen molar-refractivity contribution in [2.24, 2.45) is 10.9 Å². The molecule has 0 aromatic carbocycles. The number of thiazole rings is 1. The number of β-lactam (4-membered cyclic amide) rings is 1. The molecule has 2 aromatic heterocycles. The molecule has 0 unspecified atom stereocenters. The summed E-state index contributed by atoms with van der Waals surface area (Å²) >= 11 is 1.02. The van der Waals surface area contributed by atoms with Gasteiger partial charge < -0.3 is 41.3 Å². The van der Waals surface area contributed by atoms with Crippen LogP contribution in [0, 0.1) is 0 Å². The summed E-state index contributed by atoms with van der Waals surface area (Å²) in [5.41, 5.74) is 11.3. The second kappa shape index (κ2) is 12.0. The van der Waals surface area contributed by atoms with Crippen molar-refractivity contribution in [1.82, 2.24) is 15.2 Å². The van der Waals surface area contributed by atoms with E-state index >= 15 is 0 Å². The van der Waals surface area contributed by atoms with Crippen LogP contribution < -0.4 is 31.4 Å². The van der Waals surface area contributed by atoms with E-state index in [2.05, 4.69) is 20.3 Å². The quantitative estimate of drug-likeness (QED) is 0.0671. The number of amides is 4. The van der Waals surface area contributed by atoms with Gasteiger partial charge >= 0.3 is 5.97 Å². The fourth-order valence-corrected chi connectivity index (χ4v) is 5.84. The number of rotatable bonds is 9. The van der Waals surface area contributed by atoms with Crippen molar-refractivity contribution in [1.29, 1.82) is 0 Å². The maximum atomic E-state index is 13.3. The predicted octanol–water partition coefficient (Wildman–Crippen LogP) is -2.38. The Balaban J connectivity index is 1.34. The number of nitrogen functional groups attached to an aromatic ring is 1. The molecular weight excluding hydrogens is 596 g/mol. The Labute approximate surface area is 253 Å². The summed E-state index contributed by atoms with van der Waals surface area (Å²) in [5, 5.41) is 19.9. The van der Waals surface area contributed by atoms with Crippen LogP contribution in [0.5, 0.6) is 0 Å². The van der Waals surface area contributed by atoms with Gasteiger partial charge in [0.2, 0.25) is 6.54 Å². The van der Waals surface area contributed by atoms with Crippen LogP contribution in [0.4, 0.5) is 10.8 Å². The van der Waals surface area contributed by atoms with Gasteiger partial charge in [0, 0.05) is 30.5 Å². The molecule has 228 valence electrons. The van der Waals surface area contributed by atoms with Gasteiger partial charge in [-0.1, -0.05) is 5.16 Å². The molecule has 0 spiro atoms. The molecule has 5 N–H and O–H groups in total. The highest BCUT2D eigenvalue weighted by atomic mass is 32.1. The molecule has 3 aliphatic heterocycles. The van der Waals surface area contributed by atoms with Gasteiger partial charge in [0.25, 0.3) is 23.6 Å². The zero-order chi connectivity index (χ0) is 31.7. The highest BCUT2D eigenvalue weighted by Crippen LogP contribution is 2.38. The third-order valence-electron chi connectivity index (χ3n) is 7.17. The number of aliphatic carboxylic acids is 1. The third-order valence-corrected chi connectivity index (χ3v) is 7.84. The number of primary amides is 1. The number of oxime groups is 1. The lowest BCUT2D eigenvalue weighted by atomic mass is 9.82. The number of fused-ring (bicyclic) bond motifs is 1. The first kappa shape index (κ1) is 30.0. The standard InChI is InChI=1S/C27H26N8O8S/c1-13(36)43-32-20(17-12-44-27(29)30-17)23(38)31-21-18-5-4-14(22(26(41)42)35(18)25(21)40)9-15-6-8-34(24(15)39)16-3-2-7-33(10-16)11-19(28)37/h2-3,7,9-10,12,18,21H,4-6,8,11H2,1H3,(H5-,28,29,30,31,37,38,41,42)/b15-9+,32-20-/t18-,21+/m1/s1. The lowest BCUT2D eigenvalue weighted by Gasteiger charge is -2.51. The number of hydrogen-bond acceptors (Lipinski definition) is 12. The van der Waals surface area contributed by atoms with Gasteiger partial charge in [0.1, 0.15) is 17.4 Å². The van der Waals surface area contributed by atoms with E-state index in [0.29, 0.717) is 24.2 Å². The lowest BCUT2D eigenvalue weighted by molar-refractivity contribution is -0.683. The van der Waals surface area contributed by atoms with Crippen molar-refractivity contribution in [2.45, 2.75) is 44.8 Å². The van der Waals surface area contributed by atoms with E-state index in [0.717, 1.165) is 23.2 Å². The highest BCUT2D eigenvalue weighted by molar-refractivity contribution is 7.13. The van der Waals surface area contributed by atoms with Crippen LogP contribution in [-0.4, -0.2) is 69.8 Å². The average molecular weight is 623 g/mol. The second-order valence-electron chi connectivity index (χ2n) is 10.1. The summed E-state index contributed by atoms with van der Waals surface area (Å²) in [5.74, 6) is -4.87. The van der Waals surface area contributed by atoms with E-state index in [1.165, 1.54) is 16.4 Å². The van der Waals surface area contributed by atoms with Gasteiger partial charge in [-0.25, -0.2) is 9.78 Å². The largest absolute Gasteiger partial charge is 0.543 e. The Hall–Kier alpha value is -5.45. The molecule has 0 saturated carbocycles. The molecule has 0 bridgehead atoms. The molecule has 4 amide bonds. The lowest BCUT2D eigenvalue weighted by Crippen LogP contribution is -2.72. The number of nitrogens with two attached hydrogens (primary N) is 2. The van der Waals surface area contributed by atoms with E-state index < -0.39 is 41.7 Å². The number of carboxylic acids is 1. The molecule has 0 aliphatic carbocycles. The molecule has 16 nitrogen and oxygen atoms in total. The van der Waals surface area contributed by atoms with E-state index in [9.17, 15) is 33.9 Å². The third kappa shape index (κ3) is 5.89. The summed E-state index contributed by atoms with van der Waals surface area (Å²) in [7, 11) is 0. The molecule has 2 aromatic rings. The molecule has 2 fully saturated rings. The molecule has 17 heteroatoms. The van der Waals surface area contributed by atoms with Gasteiger partial charge in [-0.05, 0) is 37.0 Å². The molecule has 5 rings (SSSR count). The number of anilines is 2. The van der Waals surface area contributed by atoms with Gasteiger partial charge in [0.15, 0.2) is 23.2 Å². The van der Waals surface area contributed by atoms with Crippen LogP contribution in [-0.2, 0) is 40.1 Å². The Morgan fingerprint density at radius 1 is 1.30 bits per heavy atom. The molecule has 3 aliphatic rings. The minimum absolute atomic E-state index is 0.0243. The first-order valence-electron chi connectivity index (χ1n) is 13.3. The monoisotopic (exact) mass is 622 g/mol. The number of pyridine rings is 1. The average Bonchev–Trinajstić information content (AvgIpc) is 3.56. The number of nitrogens with one attached hydrogen (secondary N) is 1. The highest BCUT2D eigenvalue weighted by Gasteiger charge is 2.52. The van der Waals surface area contributed by atoms with E-state index in [1.807, 2.05) is 0 Å². The van der Waals surface area contributed by atoms with Crippen molar-refractivity contribution in [3.8, 4) is 0 Å². The SMILES string of the molecule is CC(=O)O/N=C(\C(=O)N[C@@H]1C(=O)N2C(C(=O)[O-])=C(/C=C3\CCN(c4ccc[n+](CC(N)=O)c4)C3=O)CC[C@H]12)c1csc(N)n1. The Bertz CT molecular complexity index is 1700. The van der Waals surface area contributed by atoms with Crippen LogP contribution >= 0.6 is 11.3 Å². The number of allylic oxidation sites excluding steroid dienone is 2. The predicted molar refractivity (Wildman–Crippen MR) is 150 cm³/mol. The first-order chi connectivity index (χ1) is 20.9. The smallest absolute Gasteiger partial charge is 0.332 e. The summed E-state index contributed by atoms with van der Waals surface area (Å²) in [6.45, 7) is 1.34. The number of hydrogen-bond donors (Lipinski definition) is 3. The Kier molecular flexibility index (Phi) is 8.21. The number of carboxylic acid groups (broad SMARTS) is 1. The molecule has 44 heavy (non-hydrogen) atoms. The molecule has 2 saturated heterocycles. The maximum absolute atomic E-state index is 13.3. The number of nitrogens with zero attached hydrogens (tertiary/aromatic N) is 5. The number of carbonyl (C=O) groups is 6. The van der Waals surface area contributed by atoms with Crippen LogP contribution in [0.15, 0.2) is 58.0 Å². The van der Waals surface area contributed by atoms with Crippen molar-refractivity contribution in [3.63, 3.8) is 0 Å². The van der Waals surface area contributed by atoms with Crippen molar-refractivity contribution < 1.29 is 43.3 Å². The summed E-state index contributed by atoms with van der Waals surface area (Å²) in [6, 6.07) is 1.57. The summed E-state index contributed by atoms with van der Waals surface area (Å²) < 4.78 is 1.55. The summed E-state index contributed by atoms with van der Waals surface area (Å²) in [6.07, 6.45) is 5.50. The number of aromatic nitrogens is 2.